The Hall–Kier alpha value is -0.570. The summed E-state index contributed by atoms with van der Waals surface area (Å²) in [6.07, 6.45) is 0. The number of amides is 1. The van der Waals surface area contributed by atoms with E-state index >= 15 is 0 Å². The van der Waals surface area contributed by atoms with E-state index in [2.05, 4.69) is 17.1 Å². The zero-order valence-corrected chi connectivity index (χ0v) is 8.13. The highest BCUT2D eigenvalue weighted by Gasteiger charge is 2.26. The van der Waals surface area contributed by atoms with E-state index in [1.807, 2.05) is 13.8 Å². The summed E-state index contributed by atoms with van der Waals surface area (Å²) in [5, 5.41) is 3.00. The molecule has 1 rings (SSSR count). The first-order valence-corrected chi connectivity index (χ1v) is 4.66. The molecule has 1 fully saturated rings. The standard InChI is InChI=1S/C9H18N2O/c1-4-11-5-8(6-11)10-9(12)7(2)3/h7-8H,4-6H2,1-3H3,(H,10,12). The first-order valence-electron chi connectivity index (χ1n) is 4.66. The number of likely N-dealkylation sites (N-methyl/N-ethyl adjacent to an activating group) is 1. The molecule has 1 saturated heterocycles. The van der Waals surface area contributed by atoms with Crippen LogP contribution < -0.4 is 5.32 Å². The van der Waals surface area contributed by atoms with Crippen molar-refractivity contribution in [2.24, 2.45) is 5.92 Å². The van der Waals surface area contributed by atoms with E-state index in [0.29, 0.717) is 6.04 Å². The Balaban J connectivity index is 2.14. The van der Waals surface area contributed by atoms with Gasteiger partial charge in [0.05, 0.1) is 6.04 Å². The topological polar surface area (TPSA) is 32.3 Å². The summed E-state index contributed by atoms with van der Waals surface area (Å²) in [6, 6.07) is 0.403. The number of likely N-dealkylation sites (tertiary alicyclic amines) is 1. The van der Waals surface area contributed by atoms with Crippen molar-refractivity contribution in [1.29, 1.82) is 0 Å². The maximum Gasteiger partial charge on any atom is 0.222 e. The van der Waals surface area contributed by atoms with E-state index in [0.717, 1.165) is 19.6 Å². The molecule has 0 spiro atoms. The van der Waals surface area contributed by atoms with Crippen LogP contribution in [0.25, 0.3) is 0 Å². The fourth-order valence-electron chi connectivity index (χ4n) is 1.29. The minimum atomic E-state index is 0.112. The van der Waals surface area contributed by atoms with Gasteiger partial charge in [0, 0.05) is 19.0 Å². The summed E-state index contributed by atoms with van der Waals surface area (Å²) in [7, 11) is 0. The van der Waals surface area contributed by atoms with Crippen molar-refractivity contribution in [2.75, 3.05) is 19.6 Å². The molecule has 0 aliphatic carbocycles. The summed E-state index contributed by atoms with van der Waals surface area (Å²) in [5.41, 5.74) is 0. The number of nitrogens with one attached hydrogen (secondary N) is 1. The third kappa shape index (κ3) is 2.21. The molecule has 0 aromatic heterocycles. The van der Waals surface area contributed by atoms with Gasteiger partial charge in [-0.25, -0.2) is 0 Å². The molecule has 0 bridgehead atoms. The lowest BCUT2D eigenvalue weighted by atomic mass is 10.1. The van der Waals surface area contributed by atoms with Crippen molar-refractivity contribution in [3.8, 4) is 0 Å². The molecule has 1 aliphatic rings. The average molecular weight is 170 g/mol. The van der Waals surface area contributed by atoms with Crippen LogP contribution in [0.4, 0.5) is 0 Å². The Morgan fingerprint density at radius 2 is 2.17 bits per heavy atom. The summed E-state index contributed by atoms with van der Waals surface area (Å²) in [5.74, 6) is 0.288. The van der Waals surface area contributed by atoms with Gasteiger partial charge in [0.1, 0.15) is 0 Å². The number of carbonyl (C=O) groups is 1. The van der Waals surface area contributed by atoms with Crippen LogP contribution in [-0.2, 0) is 4.79 Å². The molecule has 0 aromatic carbocycles. The van der Waals surface area contributed by atoms with Crippen molar-refractivity contribution in [3.63, 3.8) is 0 Å². The van der Waals surface area contributed by atoms with E-state index in [1.165, 1.54) is 0 Å². The molecule has 0 aromatic rings. The van der Waals surface area contributed by atoms with Crippen LogP contribution in [0, 0.1) is 5.92 Å². The van der Waals surface area contributed by atoms with Gasteiger partial charge in [0.2, 0.25) is 5.91 Å². The van der Waals surface area contributed by atoms with Gasteiger partial charge in [0.15, 0.2) is 0 Å². The predicted octanol–water partition coefficient (Wildman–Crippen LogP) is 0.463. The molecule has 0 saturated carbocycles. The Morgan fingerprint density at radius 3 is 2.58 bits per heavy atom. The van der Waals surface area contributed by atoms with Gasteiger partial charge in [-0.05, 0) is 6.54 Å². The van der Waals surface area contributed by atoms with E-state index < -0.39 is 0 Å². The fourth-order valence-corrected chi connectivity index (χ4v) is 1.29. The third-order valence-electron chi connectivity index (χ3n) is 2.28. The van der Waals surface area contributed by atoms with Crippen LogP contribution in [0.3, 0.4) is 0 Å². The summed E-state index contributed by atoms with van der Waals surface area (Å²) in [6.45, 7) is 9.12. The van der Waals surface area contributed by atoms with E-state index in [1.54, 1.807) is 0 Å². The SMILES string of the molecule is CCN1CC(NC(=O)C(C)C)C1. The molecular weight excluding hydrogens is 152 g/mol. The Bertz CT molecular complexity index is 162. The summed E-state index contributed by atoms with van der Waals surface area (Å²) >= 11 is 0. The molecule has 1 N–H and O–H groups in total. The van der Waals surface area contributed by atoms with Gasteiger partial charge in [-0.3, -0.25) is 9.69 Å². The van der Waals surface area contributed by atoms with Crippen LogP contribution in [0.2, 0.25) is 0 Å². The lowest BCUT2D eigenvalue weighted by molar-refractivity contribution is -0.125. The van der Waals surface area contributed by atoms with Gasteiger partial charge < -0.3 is 5.32 Å². The number of hydrogen-bond donors (Lipinski definition) is 1. The van der Waals surface area contributed by atoms with Gasteiger partial charge in [-0.2, -0.15) is 0 Å². The molecular formula is C9H18N2O. The number of nitrogens with zero attached hydrogens (tertiary/aromatic N) is 1. The first kappa shape index (κ1) is 9.52. The highest BCUT2D eigenvalue weighted by atomic mass is 16.1. The molecule has 3 heteroatoms. The molecule has 0 radical (unpaired) electrons. The fraction of sp³-hybridized carbons (Fsp3) is 0.889. The molecule has 12 heavy (non-hydrogen) atoms. The highest BCUT2D eigenvalue weighted by Crippen LogP contribution is 2.07. The number of hydrogen-bond acceptors (Lipinski definition) is 2. The Kier molecular flexibility index (Phi) is 3.09. The second kappa shape index (κ2) is 3.90. The van der Waals surface area contributed by atoms with Gasteiger partial charge in [-0.1, -0.05) is 20.8 Å². The van der Waals surface area contributed by atoms with Gasteiger partial charge in [-0.15, -0.1) is 0 Å². The van der Waals surface area contributed by atoms with Crippen molar-refractivity contribution in [2.45, 2.75) is 26.8 Å². The van der Waals surface area contributed by atoms with E-state index in [9.17, 15) is 4.79 Å². The zero-order chi connectivity index (χ0) is 9.14. The first-order chi connectivity index (χ1) is 5.63. The third-order valence-corrected chi connectivity index (χ3v) is 2.28. The predicted molar refractivity (Wildman–Crippen MR) is 48.9 cm³/mol. The lowest BCUT2D eigenvalue weighted by Crippen LogP contribution is -2.59. The smallest absolute Gasteiger partial charge is 0.222 e. The highest BCUT2D eigenvalue weighted by molar-refractivity contribution is 5.78. The largest absolute Gasteiger partial charge is 0.351 e. The van der Waals surface area contributed by atoms with Crippen molar-refractivity contribution < 1.29 is 4.79 Å². The molecule has 1 aliphatic heterocycles. The lowest BCUT2D eigenvalue weighted by Gasteiger charge is -2.39. The van der Waals surface area contributed by atoms with Crippen LogP contribution in [0.15, 0.2) is 0 Å². The van der Waals surface area contributed by atoms with E-state index in [-0.39, 0.29) is 11.8 Å². The van der Waals surface area contributed by atoms with Crippen LogP contribution in [0.5, 0.6) is 0 Å². The zero-order valence-electron chi connectivity index (χ0n) is 8.13. The average Bonchev–Trinajstić information content (AvgIpc) is 1.94. The molecule has 0 atom stereocenters. The normalized spacial score (nSPS) is 19.3. The Morgan fingerprint density at radius 1 is 1.58 bits per heavy atom. The van der Waals surface area contributed by atoms with Gasteiger partial charge >= 0.3 is 0 Å². The number of carbonyl (C=O) groups excluding carboxylic acids is 1. The maximum atomic E-state index is 11.2. The minimum absolute atomic E-state index is 0.112. The quantitative estimate of drug-likeness (QED) is 0.667. The molecule has 70 valence electrons. The maximum absolute atomic E-state index is 11.2. The van der Waals surface area contributed by atoms with Crippen molar-refractivity contribution in [3.05, 3.63) is 0 Å². The second-order valence-corrected chi connectivity index (χ2v) is 3.71. The summed E-state index contributed by atoms with van der Waals surface area (Å²) < 4.78 is 0. The monoisotopic (exact) mass is 170 g/mol. The van der Waals surface area contributed by atoms with Crippen LogP contribution >= 0.6 is 0 Å². The Labute approximate surface area is 74.1 Å². The van der Waals surface area contributed by atoms with Crippen molar-refractivity contribution in [1.82, 2.24) is 10.2 Å². The minimum Gasteiger partial charge on any atom is -0.351 e. The second-order valence-electron chi connectivity index (χ2n) is 3.71. The van der Waals surface area contributed by atoms with E-state index in [4.69, 9.17) is 0 Å². The van der Waals surface area contributed by atoms with Crippen LogP contribution in [-0.4, -0.2) is 36.5 Å². The van der Waals surface area contributed by atoms with Gasteiger partial charge in [0.25, 0.3) is 0 Å². The molecule has 0 unspecified atom stereocenters. The molecule has 1 heterocycles. The number of rotatable bonds is 3. The van der Waals surface area contributed by atoms with Crippen LogP contribution in [0.1, 0.15) is 20.8 Å². The molecule has 1 amide bonds. The van der Waals surface area contributed by atoms with Crippen molar-refractivity contribution >= 4 is 5.91 Å². The summed E-state index contributed by atoms with van der Waals surface area (Å²) in [4.78, 5) is 13.5. The molecule has 3 nitrogen and oxygen atoms in total.